The number of nitrogens with one attached hydrogen (secondary N) is 1. The lowest BCUT2D eigenvalue weighted by atomic mass is 10.1. The van der Waals surface area contributed by atoms with Crippen molar-refractivity contribution in [2.45, 2.75) is 20.3 Å². The number of hydrogen-bond donors (Lipinski definition) is 1. The first-order valence-corrected chi connectivity index (χ1v) is 7.27. The van der Waals surface area contributed by atoms with Gasteiger partial charge < -0.3 is 5.32 Å². The van der Waals surface area contributed by atoms with Gasteiger partial charge in [-0.1, -0.05) is 31.2 Å². The Morgan fingerprint density at radius 2 is 1.90 bits per heavy atom. The fourth-order valence-electron chi connectivity index (χ4n) is 2.35. The second-order valence-corrected chi connectivity index (χ2v) is 4.83. The van der Waals surface area contributed by atoms with Gasteiger partial charge in [-0.25, -0.2) is 9.97 Å². The van der Waals surface area contributed by atoms with Gasteiger partial charge in [-0.15, -0.1) is 0 Å². The summed E-state index contributed by atoms with van der Waals surface area (Å²) in [5.41, 5.74) is 1.85. The summed E-state index contributed by atoms with van der Waals surface area (Å²) in [7, 11) is 0. The molecule has 4 heteroatoms. The predicted molar refractivity (Wildman–Crippen MR) is 86.3 cm³/mol. The zero-order chi connectivity index (χ0) is 14.7. The van der Waals surface area contributed by atoms with E-state index in [2.05, 4.69) is 46.2 Å². The summed E-state index contributed by atoms with van der Waals surface area (Å²) in [6.45, 7) is 4.99. The van der Waals surface area contributed by atoms with E-state index in [0.717, 1.165) is 40.9 Å². The van der Waals surface area contributed by atoms with Crippen LogP contribution in [0.5, 0.6) is 0 Å². The summed E-state index contributed by atoms with van der Waals surface area (Å²) in [5.74, 6) is 1.54. The lowest BCUT2D eigenvalue weighted by Crippen LogP contribution is -2.04. The Balaban J connectivity index is 2.20. The number of benzene rings is 1. The van der Waals surface area contributed by atoms with Crippen LogP contribution in [-0.4, -0.2) is 21.5 Å². The third-order valence-corrected chi connectivity index (χ3v) is 3.38. The Morgan fingerprint density at radius 3 is 2.71 bits per heavy atom. The van der Waals surface area contributed by atoms with Crippen molar-refractivity contribution < 1.29 is 0 Å². The van der Waals surface area contributed by atoms with Crippen LogP contribution < -0.4 is 5.32 Å². The van der Waals surface area contributed by atoms with E-state index in [9.17, 15) is 0 Å². The van der Waals surface area contributed by atoms with Crippen molar-refractivity contribution in [1.29, 1.82) is 0 Å². The largest absolute Gasteiger partial charge is 0.370 e. The van der Waals surface area contributed by atoms with Crippen LogP contribution in [0.15, 0.2) is 42.6 Å². The van der Waals surface area contributed by atoms with Crippen LogP contribution in [0.4, 0.5) is 5.82 Å². The average Bonchev–Trinajstić information content (AvgIpc) is 2.54. The van der Waals surface area contributed by atoms with Crippen LogP contribution >= 0.6 is 0 Å². The summed E-state index contributed by atoms with van der Waals surface area (Å²) in [6, 6.07) is 12.2. The molecule has 21 heavy (non-hydrogen) atoms. The predicted octanol–water partition coefficient (Wildman–Crippen LogP) is 3.69. The molecule has 4 nitrogen and oxygen atoms in total. The van der Waals surface area contributed by atoms with Crippen molar-refractivity contribution in [3.8, 4) is 11.5 Å². The maximum Gasteiger partial charge on any atom is 0.181 e. The molecule has 2 heterocycles. The summed E-state index contributed by atoms with van der Waals surface area (Å²) in [5, 5.41) is 5.49. The topological polar surface area (TPSA) is 50.7 Å². The lowest BCUT2D eigenvalue weighted by Gasteiger charge is -2.09. The molecule has 106 valence electrons. The highest BCUT2D eigenvalue weighted by Gasteiger charge is 2.10. The minimum absolute atomic E-state index is 0.683. The summed E-state index contributed by atoms with van der Waals surface area (Å²) in [6.07, 6.45) is 2.69. The molecule has 3 aromatic rings. The van der Waals surface area contributed by atoms with Gasteiger partial charge in [0.15, 0.2) is 5.82 Å². The molecule has 0 bridgehead atoms. The molecule has 0 aliphatic heterocycles. The van der Waals surface area contributed by atoms with Crippen molar-refractivity contribution in [2.75, 3.05) is 11.9 Å². The number of pyridine rings is 1. The number of aromatic nitrogens is 3. The first kappa shape index (κ1) is 13.5. The Bertz CT molecular complexity index is 762. The maximum absolute atomic E-state index is 4.64. The van der Waals surface area contributed by atoms with Gasteiger partial charge in [-0.3, -0.25) is 4.98 Å². The Morgan fingerprint density at radius 1 is 1.05 bits per heavy atom. The van der Waals surface area contributed by atoms with Crippen molar-refractivity contribution in [1.82, 2.24) is 15.0 Å². The van der Waals surface area contributed by atoms with E-state index in [1.54, 1.807) is 0 Å². The molecule has 0 aliphatic rings. The minimum atomic E-state index is 0.683. The molecule has 0 saturated carbocycles. The third kappa shape index (κ3) is 2.70. The highest BCUT2D eigenvalue weighted by Crippen LogP contribution is 2.25. The first-order chi connectivity index (χ1) is 10.3. The fourth-order valence-corrected chi connectivity index (χ4v) is 2.35. The number of fused-ring (bicyclic) bond motifs is 1. The van der Waals surface area contributed by atoms with Gasteiger partial charge in [0.25, 0.3) is 0 Å². The summed E-state index contributed by atoms with van der Waals surface area (Å²) in [4.78, 5) is 13.7. The second-order valence-electron chi connectivity index (χ2n) is 4.83. The number of aryl methyl sites for hydroxylation is 1. The number of nitrogens with zero attached hydrogens (tertiary/aromatic N) is 3. The molecule has 1 N–H and O–H groups in total. The Kier molecular flexibility index (Phi) is 3.77. The van der Waals surface area contributed by atoms with Gasteiger partial charge in [0.1, 0.15) is 11.5 Å². The molecule has 0 spiro atoms. The molecule has 0 unspecified atom stereocenters. The fraction of sp³-hybridized carbons (Fsp3) is 0.235. The molecule has 0 atom stereocenters. The normalized spacial score (nSPS) is 10.8. The number of anilines is 1. The third-order valence-electron chi connectivity index (χ3n) is 3.38. The standard InChI is InChI=1S/C17H18N4/c1-3-13-11-15(18-4-2)21-17(20-13)16-14-8-6-5-7-12(14)9-10-19-16/h5-11H,3-4H2,1-2H3,(H,18,20,21). The summed E-state index contributed by atoms with van der Waals surface area (Å²) < 4.78 is 0. The Labute approximate surface area is 124 Å². The van der Waals surface area contributed by atoms with E-state index < -0.39 is 0 Å². The number of rotatable bonds is 4. The zero-order valence-corrected chi connectivity index (χ0v) is 12.3. The highest BCUT2D eigenvalue weighted by atomic mass is 15.0. The van der Waals surface area contributed by atoms with Crippen molar-refractivity contribution in [3.63, 3.8) is 0 Å². The van der Waals surface area contributed by atoms with Crippen molar-refractivity contribution in [3.05, 3.63) is 48.3 Å². The monoisotopic (exact) mass is 278 g/mol. The smallest absolute Gasteiger partial charge is 0.181 e. The van der Waals surface area contributed by atoms with Crippen molar-refractivity contribution in [2.24, 2.45) is 0 Å². The summed E-state index contributed by atoms with van der Waals surface area (Å²) >= 11 is 0. The average molecular weight is 278 g/mol. The quantitative estimate of drug-likeness (QED) is 0.791. The molecule has 0 aliphatic carbocycles. The van der Waals surface area contributed by atoms with Gasteiger partial charge in [0.05, 0.1) is 0 Å². The first-order valence-electron chi connectivity index (χ1n) is 7.27. The van der Waals surface area contributed by atoms with Crippen LogP contribution in [-0.2, 0) is 6.42 Å². The maximum atomic E-state index is 4.64. The van der Waals surface area contributed by atoms with E-state index in [-0.39, 0.29) is 0 Å². The van der Waals surface area contributed by atoms with E-state index in [1.165, 1.54) is 0 Å². The molecule has 3 rings (SSSR count). The van der Waals surface area contributed by atoms with E-state index in [4.69, 9.17) is 0 Å². The van der Waals surface area contributed by atoms with Gasteiger partial charge >= 0.3 is 0 Å². The molecule has 0 fully saturated rings. The molecule has 1 aromatic carbocycles. The van der Waals surface area contributed by atoms with Gasteiger partial charge in [0, 0.05) is 29.9 Å². The molecular formula is C17H18N4. The zero-order valence-electron chi connectivity index (χ0n) is 12.3. The van der Waals surface area contributed by atoms with Crippen LogP contribution in [0.1, 0.15) is 19.5 Å². The minimum Gasteiger partial charge on any atom is -0.370 e. The molecule has 0 radical (unpaired) electrons. The van der Waals surface area contributed by atoms with E-state index in [0.29, 0.717) is 5.82 Å². The highest BCUT2D eigenvalue weighted by molar-refractivity contribution is 5.92. The number of hydrogen-bond acceptors (Lipinski definition) is 4. The SMILES string of the molecule is CCNc1cc(CC)nc(-c2nccc3ccccc23)n1. The molecule has 0 saturated heterocycles. The molecule has 2 aromatic heterocycles. The Hall–Kier alpha value is -2.49. The second kappa shape index (κ2) is 5.87. The van der Waals surface area contributed by atoms with Gasteiger partial charge in [0.2, 0.25) is 0 Å². The van der Waals surface area contributed by atoms with Crippen LogP contribution in [0.25, 0.3) is 22.3 Å². The van der Waals surface area contributed by atoms with Gasteiger partial charge in [-0.2, -0.15) is 0 Å². The van der Waals surface area contributed by atoms with Crippen molar-refractivity contribution >= 4 is 16.6 Å². The van der Waals surface area contributed by atoms with Crippen LogP contribution in [0.2, 0.25) is 0 Å². The van der Waals surface area contributed by atoms with Crippen LogP contribution in [0, 0.1) is 0 Å². The van der Waals surface area contributed by atoms with E-state index >= 15 is 0 Å². The molecule has 0 amide bonds. The lowest BCUT2D eigenvalue weighted by molar-refractivity contribution is 0.993. The van der Waals surface area contributed by atoms with Crippen LogP contribution in [0.3, 0.4) is 0 Å². The van der Waals surface area contributed by atoms with Gasteiger partial charge in [-0.05, 0) is 24.8 Å². The molecular weight excluding hydrogens is 260 g/mol. The van der Waals surface area contributed by atoms with E-state index in [1.807, 2.05) is 30.5 Å².